The number of unbranched alkanes of at least 4 members (excludes halogenated alkanes) is 15. The van der Waals surface area contributed by atoms with Crippen molar-refractivity contribution in [3.63, 3.8) is 0 Å². The van der Waals surface area contributed by atoms with Gasteiger partial charge in [0.15, 0.2) is 5.92 Å². The van der Waals surface area contributed by atoms with Crippen molar-refractivity contribution in [1.29, 1.82) is 5.26 Å². The molecular weight excluding hydrogens is 400 g/mol. The third-order valence-corrected chi connectivity index (χ3v) is 5.50. The quantitative estimate of drug-likeness (QED) is 0.0665. The lowest BCUT2D eigenvalue weighted by Gasteiger charge is -2.23. The van der Waals surface area contributed by atoms with Crippen LogP contribution in [-0.2, 0) is 14.3 Å². The summed E-state index contributed by atoms with van der Waals surface area (Å²) in [5.41, 5.74) is 0. The molecule has 32 heavy (non-hydrogen) atoms. The fourth-order valence-corrected chi connectivity index (χ4v) is 3.50. The molecule has 0 aliphatic heterocycles. The van der Waals surface area contributed by atoms with Gasteiger partial charge in [0.25, 0.3) is 0 Å². The van der Waals surface area contributed by atoms with E-state index in [1.165, 1.54) is 115 Å². The number of nitriles is 1. The van der Waals surface area contributed by atoms with Crippen molar-refractivity contribution < 1.29 is 18.8 Å². The zero-order chi connectivity index (χ0) is 24.5. The van der Waals surface area contributed by atoms with Crippen LogP contribution in [0.15, 0.2) is 0 Å². The predicted octanol–water partition coefficient (Wildman–Crippen LogP) is 6.84. The Labute approximate surface area is 199 Å². The van der Waals surface area contributed by atoms with Crippen molar-refractivity contribution in [3.05, 3.63) is 0 Å². The summed E-state index contributed by atoms with van der Waals surface area (Å²) >= 11 is 0. The lowest BCUT2D eigenvalue weighted by atomic mass is 10.0. The molecule has 0 saturated heterocycles. The van der Waals surface area contributed by atoms with Crippen LogP contribution in [0, 0.1) is 17.2 Å². The third kappa shape index (κ3) is 26.6. The normalized spacial score (nSPS) is 11.8. The van der Waals surface area contributed by atoms with Crippen LogP contribution in [0.25, 0.3) is 0 Å². The average Bonchev–Trinajstić information content (AvgIpc) is 2.74. The summed E-state index contributed by atoms with van der Waals surface area (Å²) < 4.78 is 5.52. The first-order valence-corrected chi connectivity index (χ1v) is 13.1. The molecule has 1 unspecified atom stereocenters. The van der Waals surface area contributed by atoms with Crippen LogP contribution in [0.1, 0.15) is 117 Å². The van der Waals surface area contributed by atoms with Crippen molar-refractivity contribution in [2.75, 3.05) is 34.3 Å². The van der Waals surface area contributed by atoms with Gasteiger partial charge < -0.3 is 14.0 Å². The molecule has 0 aromatic rings. The van der Waals surface area contributed by atoms with Crippen LogP contribution in [0.3, 0.4) is 0 Å². The number of rotatable bonds is 20. The van der Waals surface area contributed by atoms with E-state index < -0.39 is 11.9 Å². The van der Waals surface area contributed by atoms with Gasteiger partial charge in [-0.25, -0.2) is 0 Å². The fourth-order valence-electron chi connectivity index (χ4n) is 3.50. The highest BCUT2D eigenvalue weighted by Gasteiger charge is 2.16. The van der Waals surface area contributed by atoms with Gasteiger partial charge in [-0.15, -0.1) is 0 Å². The Morgan fingerprint density at radius 1 is 0.781 bits per heavy atom. The molecule has 0 bridgehead atoms. The summed E-state index contributed by atoms with van der Waals surface area (Å²) in [6.07, 6.45) is 23.6. The van der Waals surface area contributed by atoms with E-state index in [1.807, 2.05) is 0 Å². The molecular formula is C27H53N2O3+. The van der Waals surface area contributed by atoms with Gasteiger partial charge in [0.2, 0.25) is 0 Å². The van der Waals surface area contributed by atoms with E-state index in [-0.39, 0.29) is 12.9 Å². The molecule has 0 aliphatic rings. The van der Waals surface area contributed by atoms with Crippen LogP contribution < -0.4 is 0 Å². The second-order valence-electron chi connectivity index (χ2n) is 9.81. The Kier molecular flexibility index (Phi) is 24.8. The van der Waals surface area contributed by atoms with Gasteiger partial charge in [-0.1, -0.05) is 96.8 Å². The van der Waals surface area contributed by atoms with Gasteiger partial charge in [0, 0.05) is 0 Å². The summed E-state index contributed by atoms with van der Waals surface area (Å²) in [6.45, 7) is 5.42. The Balaban J connectivity index is 0. The average molecular weight is 454 g/mol. The van der Waals surface area contributed by atoms with Gasteiger partial charge >= 0.3 is 5.97 Å². The lowest BCUT2D eigenvalue weighted by Crippen LogP contribution is -2.35. The Bertz CT molecular complexity index is 467. The largest absolute Gasteiger partial charge is 0.465 e. The standard InChI is InChI=1S/C21H46N.C6H7NO3/c1-5-6-7-8-9-10-11-12-13-14-15-16-17-18-19-20-21-22(2,3)4;1-2-10-6(9)5(3-7)4-8/h5-21H2,1-4H3;4-5H,2H2,1H3/q+1;. The molecule has 0 N–H and O–H groups in total. The topological polar surface area (TPSA) is 67.2 Å². The molecule has 5 nitrogen and oxygen atoms in total. The van der Waals surface area contributed by atoms with Crippen LogP contribution >= 0.6 is 0 Å². The molecule has 0 aromatic heterocycles. The molecule has 0 aliphatic carbocycles. The summed E-state index contributed by atoms with van der Waals surface area (Å²) in [7, 11) is 6.89. The Hall–Kier alpha value is -1.41. The van der Waals surface area contributed by atoms with Crippen LogP contribution in [0.4, 0.5) is 0 Å². The van der Waals surface area contributed by atoms with E-state index in [0.29, 0.717) is 0 Å². The van der Waals surface area contributed by atoms with Crippen molar-refractivity contribution >= 4 is 12.3 Å². The van der Waals surface area contributed by atoms with Gasteiger partial charge in [-0.2, -0.15) is 5.26 Å². The number of nitrogens with zero attached hydrogens (tertiary/aromatic N) is 2. The maximum Gasteiger partial charge on any atom is 0.330 e. The second-order valence-corrected chi connectivity index (χ2v) is 9.81. The number of hydrogen-bond donors (Lipinski definition) is 0. The van der Waals surface area contributed by atoms with E-state index in [0.717, 1.165) is 4.48 Å². The minimum absolute atomic E-state index is 0.185. The van der Waals surface area contributed by atoms with Crippen molar-refractivity contribution in [2.24, 2.45) is 5.92 Å². The molecule has 188 valence electrons. The minimum Gasteiger partial charge on any atom is -0.465 e. The van der Waals surface area contributed by atoms with Crippen molar-refractivity contribution in [3.8, 4) is 6.07 Å². The van der Waals surface area contributed by atoms with E-state index >= 15 is 0 Å². The van der Waals surface area contributed by atoms with E-state index in [1.54, 1.807) is 6.92 Å². The Morgan fingerprint density at radius 2 is 1.16 bits per heavy atom. The molecule has 1 atom stereocenters. The summed E-state index contributed by atoms with van der Waals surface area (Å²) in [5.74, 6) is -2.04. The molecule has 0 heterocycles. The van der Waals surface area contributed by atoms with Crippen LogP contribution in [0.2, 0.25) is 0 Å². The molecule has 0 spiro atoms. The van der Waals surface area contributed by atoms with Gasteiger partial charge in [0.05, 0.1) is 40.4 Å². The van der Waals surface area contributed by atoms with E-state index in [9.17, 15) is 9.59 Å². The number of carbonyl (C=O) groups excluding carboxylic acids is 2. The molecule has 0 radical (unpaired) electrons. The van der Waals surface area contributed by atoms with Crippen LogP contribution in [0.5, 0.6) is 0 Å². The first kappa shape index (κ1) is 32.8. The number of aldehydes is 1. The minimum atomic E-state index is -1.26. The molecule has 0 rings (SSSR count). The van der Waals surface area contributed by atoms with Crippen LogP contribution in [-0.4, -0.2) is 51.0 Å². The van der Waals surface area contributed by atoms with Crippen molar-refractivity contribution in [2.45, 2.75) is 117 Å². The Morgan fingerprint density at radius 3 is 1.44 bits per heavy atom. The maximum absolute atomic E-state index is 10.5. The second kappa shape index (κ2) is 24.2. The van der Waals surface area contributed by atoms with E-state index in [2.05, 4.69) is 32.8 Å². The number of esters is 1. The SMILES string of the molecule is CCCCCCCCCCCCCCCCCC[N+](C)(C)C.CCOC(=O)C(C#N)C=O. The number of hydrogen-bond acceptors (Lipinski definition) is 4. The first-order valence-electron chi connectivity index (χ1n) is 13.1. The monoisotopic (exact) mass is 453 g/mol. The molecule has 0 amide bonds. The molecule has 0 fully saturated rings. The van der Waals surface area contributed by atoms with E-state index in [4.69, 9.17) is 5.26 Å². The lowest BCUT2D eigenvalue weighted by molar-refractivity contribution is -0.870. The first-order chi connectivity index (χ1) is 15.3. The van der Waals surface area contributed by atoms with Gasteiger partial charge in [0.1, 0.15) is 6.29 Å². The number of carbonyl (C=O) groups is 2. The highest BCUT2D eigenvalue weighted by atomic mass is 16.5. The predicted molar refractivity (Wildman–Crippen MR) is 134 cm³/mol. The summed E-state index contributed by atoms with van der Waals surface area (Å²) in [6, 6.07) is 1.49. The highest BCUT2D eigenvalue weighted by Crippen LogP contribution is 2.13. The number of quaternary nitrogens is 1. The highest BCUT2D eigenvalue weighted by molar-refractivity contribution is 5.90. The zero-order valence-corrected chi connectivity index (χ0v) is 22.0. The zero-order valence-electron chi connectivity index (χ0n) is 22.0. The molecule has 5 heteroatoms. The fraction of sp³-hybridized carbons (Fsp3) is 0.889. The summed E-state index contributed by atoms with van der Waals surface area (Å²) in [4.78, 5) is 20.5. The number of ether oxygens (including phenoxy) is 1. The molecule has 0 aromatic carbocycles. The van der Waals surface area contributed by atoms with Crippen molar-refractivity contribution in [1.82, 2.24) is 0 Å². The molecule has 0 saturated carbocycles. The third-order valence-electron chi connectivity index (χ3n) is 5.50. The maximum atomic E-state index is 10.5. The van der Waals surface area contributed by atoms with Gasteiger partial charge in [-0.05, 0) is 19.8 Å². The smallest absolute Gasteiger partial charge is 0.330 e. The van der Waals surface area contributed by atoms with Gasteiger partial charge in [-0.3, -0.25) is 4.79 Å². The summed E-state index contributed by atoms with van der Waals surface area (Å²) in [5, 5.41) is 8.14.